The van der Waals surface area contributed by atoms with Crippen molar-refractivity contribution in [3.63, 3.8) is 0 Å². The third kappa shape index (κ3) is 2.47. The van der Waals surface area contributed by atoms with Crippen molar-refractivity contribution in [1.29, 1.82) is 0 Å². The molecule has 1 atom stereocenters. The van der Waals surface area contributed by atoms with E-state index in [-0.39, 0.29) is 17.6 Å². The summed E-state index contributed by atoms with van der Waals surface area (Å²) in [4.78, 5) is 33.3. The van der Waals surface area contributed by atoms with Gasteiger partial charge in [0.2, 0.25) is 0 Å². The van der Waals surface area contributed by atoms with Crippen molar-refractivity contribution < 1.29 is 14.3 Å². The van der Waals surface area contributed by atoms with E-state index in [9.17, 15) is 9.59 Å². The number of hydrogen-bond donors (Lipinski definition) is 0. The van der Waals surface area contributed by atoms with Crippen LogP contribution in [0.2, 0.25) is 0 Å². The van der Waals surface area contributed by atoms with Gasteiger partial charge in [-0.2, -0.15) is 0 Å². The van der Waals surface area contributed by atoms with Crippen LogP contribution in [0.25, 0.3) is 0 Å². The van der Waals surface area contributed by atoms with Crippen LogP contribution in [-0.2, 0) is 9.53 Å². The van der Waals surface area contributed by atoms with Crippen LogP contribution in [0.15, 0.2) is 18.6 Å². The fourth-order valence-electron chi connectivity index (χ4n) is 2.11. The topological polar surface area (TPSA) is 72.4 Å². The maximum atomic E-state index is 12.2. The van der Waals surface area contributed by atoms with Gasteiger partial charge in [0.05, 0.1) is 13.3 Å². The molecule has 6 heteroatoms. The molecule has 1 aliphatic rings. The zero-order valence-electron chi connectivity index (χ0n) is 10.2. The zero-order chi connectivity index (χ0) is 13.0. The van der Waals surface area contributed by atoms with Crippen molar-refractivity contribution >= 4 is 11.9 Å². The molecule has 0 aromatic carbocycles. The van der Waals surface area contributed by atoms with Gasteiger partial charge in [0, 0.05) is 18.9 Å². The highest BCUT2D eigenvalue weighted by Gasteiger charge is 2.33. The second-order valence-electron chi connectivity index (χ2n) is 4.12. The summed E-state index contributed by atoms with van der Waals surface area (Å²) < 4.78 is 4.74. The van der Waals surface area contributed by atoms with Crippen LogP contribution in [0.5, 0.6) is 0 Å². The van der Waals surface area contributed by atoms with Crippen LogP contribution in [0, 0.1) is 0 Å². The number of carbonyl (C=O) groups is 2. The highest BCUT2D eigenvalue weighted by molar-refractivity contribution is 5.95. The molecule has 0 N–H and O–H groups in total. The van der Waals surface area contributed by atoms with E-state index in [0.29, 0.717) is 13.0 Å². The first kappa shape index (κ1) is 12.5. The molecule has 6 nitrogen and oxygen atoms in total. The molecule has 1 amide bonds. The van der Waals surface area contributed by atoms with Crippen molar-refractivity contribution in [3.8, 4) is 0 Å². The van der Waals surface area contributed by atoms with E-state index in [4.69, 9.17) is 4.74 Å². The molecule has 96 valence electrons. The molecule has 1 unspecified atom stereocenters. The number of rotatable bonds is 2. The third-order valence-corrected chi connectivity index (χ3v) is 3.02. The first-order valence-electron chi connectivity index (χ1n) is 5.89. The summed E-state index contributed by atoms with van der Waals surface area (Å²) >= 11 is 0. The van der Waals surface area contributed by atoms with Crippen molar-refractivity contribution in [2.75, 3.05) is 13.7 Å². The summed E-state index contributed by atoms with van der Waals surface area (Å²) in [6.45, 7) is 0.551. The molecule has 0 spiro atoms. The minimum atomic E-state index is -0.502. The molecule has 1 aromatic rings. The molecule has 1 fully saturated rings. The highest BCUT2D eigenvalue weighted by atomic mass is 16.5. The monoisotopic (exact) mass is 249 g/mol. The zero-order valence-corrected chi connectivity index (χ0v) is 10.2. The Bertz CT molecular complexity index is 435. The fraction of sp³-hybridized carbons (Fsp3) is 0.500. The molecule has 1 aliphatic heterocycles. The number of carbonyl (C=O) groups excluding carboxylic acids is 2. The first-order chi connectivity index (χ1) is 8.74. The predicted molar refractivity (Wildman–Crippen MR) is 62.7 cm³/mol. The highest BCUT2D eigenvalue weighted by Crippen LogP contribution is 2.19. The lowest BCUT2D eigenvalue weighted by Gasteiger charge is -2.33. The number of nitrogens with zero attached hydrogens (tertiary/aromatic N) is 3. The van der Waals surface area contributed by atoms with Crippen LogP contribution in [0.4, 0.5) is 0 Å². The van der Waals surface area contributed by atoms with Gasteiger partial charge in [-0.05, 0) is 19.3 Å². The number of esters is 1. The molecule has 0 saturated carbocycles. The molecular formula is C12H15N3O3. The van der Waals surface area contributed by atoms with Gasteiger partial charge in [-0.15, -0.1) is 0 Å². The van der Waals surface area contributed by atoms with E-state index < -0.39 is 6.04 Å². The van der Waals surface area contributed by atoms with E-state index >= 15 is 0 Å². The lowest BCUT2D eigenvalue weighted by atomic mass is 10.0. The Morgan fingerprint density at radius 1 is 1.39 bits per heavy atom. The summed E-state index contributed by atoms with van der Waals surface area (Å²) in [7, 11) is 1.34. The quantitative estimate of drug-likeness (QED) is 0.719. The Morgan fingerprint density at radius 2 is 2.22 bits per heavy atom. The molecule has 1 saturated heterocycles. The second-order valence-corrected chi connectivity index (χ2v) is 4.12. The minimum Gasteiger partial charge on any atom is -0.467 e. The number of amides is 1. The van der Waals surface area contributed by atoms with E-state index in [1.807, 2.05) is 0 Å². The molecular weight excluding hydrogens is 234 g/mol. The smallest absolute Gasteiger partial charge is 0.328 e. The molecule has 0 bridgehead atoms. The average molecular weight is 249 g/mol. The number of piperidine rings is 1. The molecule has 18 heavy (non-hydrogen) atoms. The average Bonchev–Trinajstić information content (AvgIpc) is 2.46. The number of methoxy groups -OCH3 is 1. The van der Waals surface area contributed by atoms with Gasteiger partial charge in [-0.3, -0.25) is 9.78 Å². The second kappa shape index (κ2) is 5.57. The van der Waals surface area contributed by atoms with E-state index in [1.165, 1.54) is 30.6 Å². The van der Waals surface area contributed by atoms with E-state index in [2.05, 4.69) is 9.97 Å². The Morgan fingerprint density at radius 3 is 2.89 bits per heavy atom. The van der Waals surface area contributed by atoms with Crippen molar-refractivity contribution in [3.05, 3.63) is 24.3 Å². The molecule has 2 heterocycles. The van der Waals surface area contributed by atoms with Crippen molar-refractivity contribution in [1.82, 2.24) is 14.9 Å². The van der Waals surface area contributed by atoms with E-state index in [1.54, 1.807) is 0 Å². The number of ether oxygens (including phenoxy) is 1. The summed E-state index contributed by atoms with van der Waals surface area (Å²) in [5, 5.41) is 0. The number of hydrogen-bond acceptors (Lipinski definition) is 5. The molecule has 2 rings (SSSR count). The maximum Gasteiger partial charge on any atom is 0.328 e. The van der Waals surface area contributed by atoms with Gasteiger partial charge >= 0.3 is 5.97 Å². The number of aromatic nitrogens is 2. The Hall–Kier alpha value is -1.98. The largest absolute Gasteiger partial charge is 0.467 e. The molecule has 0 aliphatic carbocycles. The maximum absolute atomic E-state index is 12.2. The third-order valence-electron chi connectivity index (χ3n) is 3.02. The normalized spacial score (nSPS) is 19.4. The molecule has 0 radical (unpaired) electrons. The van der Waals surface area contributed by atoms with Crippen molar-refractivity contribution in [2.45, 2.75) is 25.3 Å². The Labute approximate surface area is 105 Å². The Kier molecular flexibility index (Phi) is 3.86. The fourth-order valence-corrected chi connectivity index (χ4v) is 2.11. The predicted octanol–water partition coefficient (Wildman–Crippen LogP) is 0.644. The molecule has 1 aromatic heterocycles. The number of likely N-dealkylation sites (tertiary alicyclic amines) is 1. The summed E-state index contributed by atoms with van der Waals surface area (Å²) in [5.74, 6) is -0.634. The summed E-state index contributed by atoms with van der Waals surface area (Å²) in [5.41, 5.74) is 0.258. The lowest BCUT2D eigenvalue weighted by molar-refractivity contribution is -0.147. The standard InChI is InChI=1S/C12H15N3O3/c1-18-12(17)10-4-2-3-7-15(10)11(16)9-8-13-5-6-14-9/h5-6,8,10H,2-4,7H2,1H3. The van der Waals surface area contributed by atoms with Crippen LogP contribution < -0.4 is 0 Å². The summed E-state index contributed by atoms with van der Waals surface area (Å²) in [6, 6.07) is -0.502. The summed E-state index contributed by atoms with van der Waals surface area (Å²) in [6.07, 6.45) is 6.82. The van der Waals surface area contributed by atoms with Gasteiger partial charge in [-0.25, -0.2) is 9.78 Å². The van der Waals surface area contributed by atoms with Gasteiger partial charge in [0.25, 0.3) is 5.91 Å². The minimum absolute atomic E-state index is 0.258. The van der Waals surface area contributed by atoms with Crippen LogP contribution in [0.1, 0.15) is 29.8 Å². The SMILES string of the molecule is COC(=O)C1CCCCN1C(=O)c1cnccn1. The van der Waals surface area contributed by atoms with Crippen LogP contribution in [-0.4, -0.2) is 46.4 Å². The van der Waals surface area contributed by atoms with Gasteiger partial charge in [0.1, 0.15) is 11.7 Å². The Balaban J connectivity index is 2.19. The van der Waals surface area contributed by atoms with Crippen LogP contribution >= 0.6 is 0 Å². The van der Waals surface area contributed by atoms with E-state index in [0.717, 1.165) is 12.8 Å². The van der Waals surface area contributed by atoms with Crippen molar-refractivity contribution in [2.24, 2.45) is 0 Å². The van der Waals surface area contributed by atoms with Crippen LogP contribution in [0.3, 0.4) is 0 Å². The van der Waals surface area contributed by atoms with Gasteiger partial charge < -0.3 is 9.64 Å². The lowest BCUT2D eigenvalue weighted by Crippen LogP contribution is -2.48. The first-order valence-corrected chi connectivity index (χ1v) is 5.89. The van der Waals surface area contributed by atoms with Gasteiger partial charge in [-0.1, -0.05) is 0 Å². The van der Waals surface area contributed by atoms with Gasteiger partial charge in [0.15, 0.2) is 0 Å².